The third-order valence-electron chi connectivity index (χ3n) is 8.88. The number of hydrogen-bond acceptors (Lipinski definition) is 7. The minimum atomic E-state index is -1.37. The molecule has 2 fully saturated rings. The van der Waals surface area contributed by atoms with Crippen molar-refractivity contribution in [3.63, 3.8) is 0 Å². The molecular weight excluding hydrogens is 538 g/mol. The quantitative estimate of drug-likeness (QED) is 0.414. The Labute approximate surface area is 246 Å². The Kier molecular flexibility index (Phi) is 8.31. The van der Waals surface area contributed by atoms with Gasteiger partial charge in [0.15, 0.2) is 0 Å². The van der Waals surface area contributed by atoms with Crippen molar-refractivity contribution in [2.24, 2.45) is 11.8 Å². The number of nitrogens with one attached hydrogen (secondary N) is 1. The van der Waals surface area contributed by atoms with E-state index in [-0.39, 0.29) is 37.9 Å². The van der Waals surface area contributed by atoms with Gasteiger partial charge in [-0.05, 0) is 39.2 Å². The van der Waals surface area contributed by atoms with Gasteiger partial charge in [-0.2, -0.15) is 0 Å². The number of ether oxygens (including phenoxy) is 2. The number of nitrogens with zero attached hydrogens (tertiary/aromatic N) is 2. The highest BCUT2D eigenvalue weighted by atomic mass is 16.6. The van der Waals surface area contributed by atoms with Crippen LogP contribution in [0.2, 0.25) is 0 Å². The summed E-state index contributed by atoms with van der Waals surface area (Å²) in [5.41, 5.74) is -1.28. The van der Waals surface area contributed by atoms with Crippen molar-refractivity contribution < 1.29 is 33.8 Å². The van der Waals surface area contributed by atoms with E-state index in [0.717, 1.165) is 0 Å². The number of hydrogen-bond donors (Lipinski definition) is 2. The molecule has 10 nitrogen and oxygen atoms in total. The van der Waals surface area contributed by atoms with Crippen molar-refractivity contribution >= 4 is 23.7 Å². The summed E-state index contributed by atoms with van der Waals surface area (Å²) < 4.78 is 12.5. The molecule has 10 heteroatoms. The number of likely N-dealkylation sites (tertiary alicyclic amines) is 1. The third kappa shape index (κ3) is 5.15. The van der Waals surface area contributed by atoms with Crippen LogP contribution in [-0.2, 0) is 28.7 Å². The van der Waals surface area contributed by atoms with E-state index >= 15 is 0 Å². The van der Waals surface area contributed by atoms with Crippen LogP contribution in [0.1, 0.15) is 58.6 Å². The summed E-state index contributed by atoms with van der Waals surface area (Å²) in [7, 11) is 0. The second kappa shape index (κ2) is 11.6. The van der Waals surface area contributed by atoms with E-state index in [1.54, 1.807) is 17.1 Å². The maximum Gasteiger partial charge on any atom is 0.313 e. The molecule has 7 atom stereocenters. The van der Waals surface area contributed by atoms with E-state index < -0.39 is 59.1 Å². The van der Waals surface area contributed by atoms with E-state index in [9.17, 15) is 24.3 Å². The first-order chi connectivity index (χ1) is 20.0. The molecule has 0 aliphatic carbocycles. The fraction of sp³-hybridized carbons (Fsp3) is 0.562. The number of carbonyl (C=O) groups excluding carboxylic acids is 4. The Balaban J connectivity index is 1.60. The summed E-state index contributed by atoms with van der Waals surface area (Å²) in [5, 5.41) is 13.2. The van der Waals surface area contributed by atoms with Gasteiger partial charge in [0.25, 0.3) is 0 Å². The van der Waals surface area contributed by atoms with E-state index in [2.05, 4.69) is 5.32 Å². The van der Waals surface area contributed by atoms with Gasteiger partial charge in [0.2, 0.25) is 17.7 Å². The van der Waals surface area contributed by atoms with Crippen LogP contribution in [0.15, 0.2) is 54.6 Å². The lowest BCUT2D eigenvalue weighted by molar-refractivity contribution is -0.160. The SMILES string of the molecule is CC[C@@H](CO)N1C(=O)[C@H]2[C@@H]3C(=O)O[C@H](c4ccccc4)CNC(=O)CC/C=C\CN(C(C)(C)C)C(=O)[C@H]1[C@@]21C=C[C@@H]3O1. The molecule has 5 bridgehead atoms. The number of allylic oxidation sites excluding steroid dienone is 1. The van der Waals surface area contributed by atoms with Crippen molar-refractivity contribution in [3.8, 4) is 0 Å². The van der Waals surface area contributed by atoms with Crippen LogP contribution in [0.5, 0.6) is 0 Å². The molecule has 2 N–H and O–H groups in total. The average Bonchev–Trinajstić information content (AvgIpc) is 3.60. The summed E-state index contributed by atoms with van der Waals surface area (Å²) in [5.74, 6) is -3.52. The van der Waals surface area contributed by atoms with E-state index in [4.69, 9.17) is 9.47 Å². The molecule has 226 valence electrons. The minimum Gasteiger partial charge on any atom is -0.455 e. The Hall–Kier alpha value is -3.50. The van der Waals surface area contributed by atoms with E-state index in [1.165, 1.54) is 4.90 Å². The summed E-state index contributed by atoms with van der Waals surface area (Å²) >= 11 is 0. The fourth-order valence-electron chi connectivity index (χ4n) is 6.73. The maximum atomic E-state index is 14.6. The number of fused-ring (bicyclic) bond motifs is 2. The van der Waals surface area contributed by atoms with Gasteiger partial charge >= 0.3 is 5.97 Å². The lowest BCUT2D eigenvalue weighted by Gasteiger charge is -2.43. The second-order valence-corrected chi connectivity index (χ2v) is 12.5. The minimum absolute atomic E-state index is 0.0730. The highest BCUT2D eigenvalue weighted by Gasteiger charge is 2.74. The second-order valence-electron chi connectivity index (χ2n) is 12.5. The van der Waals surface area contributed by atoms with Gasteiger partial charge in [0.05, 0.1) is 31.2 Å². The monoisotopic (exact) mass is 579 g/mol. The Morgan fingerprint density at radius 3 is 2.50 bits per heavy atom. The Morgan fingerprint density at radius 1 is 1.10 bits per heavy atom. The number of cyclic esters (lactones) is 1. The van der Waals surface area contributed by atoms with Crippen molar-refractivity contribution in [2.75, 3.05) is 19.7 Å². The molecule has 0 unspecified atom stereocenters. The van der Waals surface area contributed by atoms with Crippen LogP contribution in [0.4, 0.5) is 0 Å². The van der Waals surface area contributed by atoms with Crippen molar-refractivity contribution in [1.82, 2.24) is 15.1 Å². The molecule has 2 saturated heterocycles. The molecule has 42 heavy (non-hydrogen) atoms. The van der Waals surface area contributed by atoms with Crippen LogP contribution >= 0.6 is 0 Å². The predicted molar refractivity (Wildman–Crippen MR) is 154 cm³/mol. The van der Waals surface area contributed by atoms with Crippen molar-refractivity contribution in [1.29, 1.82) is 0 Å². The van der Waals surface area contributed by atoms with Gasteiger partial charge in [-0.25, -0.2) is 0 Å². The van der Waals surface area contributed by atoms with Gasteiger partial charge in [-0.15, -0.1) is 0 Å². The Bertz CT molecular complexity index is 1270. The van der Waals surface area contributed by atoms with Crippen LogP contribution in [0.3, 0.4) is 0 Å². The predicted octanol–water partition coefficient (Wildman–Crippen LogP) is 2.29. The molecule has 0 radical (unpaired) electrons. The zero-order chi connectivity index (χ0) is 30.2. The van der Waals surface area contributed by atoms with E-state index in [0.29, 0.717) is 18.4 Å². The first-order valence-electron chi connectivity index (χ1n) is 14.8. The number of benzene rings is 1. The van der Waals surface area contributed by atoms with E-state index in [1.807, 2.05) is 70.2 Å². The molecule has 5 rings (SSSR count). The fourth-order valence-corrected chi connectivity index (χ4v) is 6.73. The number of aliphatic hydroxyl groups excluding tert-OH is 1. The van der Waals surface area contributed by atoms with Gasteiger partial charge in [-0.1, -0.05) is 61.6 Å². The summed E-state index contributed by atoms with van der Waals surface area (Å²) in [6.45, 7) is 7.60. The molecule has 4 heterocycles. The third-order valence-corrected chi connectivity index (χ3v) is 8.88. The molecule has 0 aromatic heterocycles. The molecule has 4 aliphatic heterocycles. The lowest BCUT2D eigenvalue weighted by Crippen LogP contribution is -2.61. The van der Waals surface area contributed by atoms with Crippen LogP contribution < -0.4 is 5.32 Å². The number of rotatable bonds is 4. The topological polar surface area (TPSA) is 125 Å². The maximum absolute atomic E-state index is 14.6. The highest BCUT2D eigenvalue weighted by Crippen LogP contribution is 2.56. The normalized spacial score (nSPS) is 33.4. The Morgan fingerprint density at radius 2 is 1.83 bits per heavy atom. The van der Waals surface area contributed by atoms with Crippen molar-refractivity contribution in [3.05, 3.63) is 60.2 Å². The van der Waals surface area contributed by atoms with Crippen LogP contribution in [0.25, 0.3) is 0 Å². The lowest BCUT2D eigenvalue weighted by atomic mass is 9.74. The molecule has 1 spiro atoms. The molecule has 3 amide bonds. The first-order valence-corrected chi connectivity index (χ1v) is 14.8. The number of esters is 1. The van der Waals surface area contributed by atoms with Crippen molar-refractivity contribution in [2.45, 2.75) is 82.4 Å². The smallest absolute Gasteiger partial charge is 0.313 e. The van der Waals surface area contributed by atoms with Gasteiger partial charge in [0, 0.05) is 18.5 Å². The number of carbonyl (C=O) groups is 4. The first kappa shape index (κ1) is 30.0. The number of aliphatic hydroxyl groups is 1. The zero-order valence-electron chi connectivity index (χ0n) is 24.7. The molecule has 1 aromatic carbocycles. The zero-order valence-corrected chi connectivity index (χ0v) is 24.7. The average molecular weight is 580 g/mol. The van der Waals surface area contributed by atoms with Gasteiger partial charge < -0.3 is 29.7 Å². The largest absolute Gasteiger partial charge is 0.455 e. The molecule has 1 aromatic rings. The molecule has 0 saturated carbocycles. The highest BCUT2D eigenvalue weighted by molar-refractivity contribution is 5.99. The number of amides is 3. The molecule has 4 aliphatic rings. The summed E-state index contributed by atoms with van der Waals surface area (Å²) in [6, 6.07) is 7.44. The summed E-state index contributed by atoms with van der Waals surface area (Å²) in [4.78, 5) is 58.6. The van der Waals surface area contributed by atoms with Gasteiger partial charge in [-0.3, -0.25) is 19.2 Å². The van der Waals surface area contributed by atoms with Crippen LogP contribution in [0, 0.1) is 11.8 Å². The van der Waals surface area contributed by atoms with Gasteiger partial charge in [0.1, 0.15) is 23.7 Å². The van der Waals surface area contributed by atoms with Crippen LogP contribution in [-0.4, -0.2) is 87.6 Å². The summed E-state index contributed by atoms with van der Waals surface area (Å²) in [6.07, 6.45) is 6.83. The molecular formula is C32H41N3O7. The standard InChI is InChI=1S/C32H41N3O7/c1-5-21(19-36)35-27-29(39)34(31(2,3)4)17-11-7-10-14-24(37)33-18-23(20-12-8-6-9-13-20)41-30(40)25-22-15-16-32(27,42-22)26(25)28(35)38/h6-9,11-13,15-16,21-23,25-27,36H,5,10,14,17-19H2,1-4H3,(H,33,37)/b11-7-/t21-,22-,23-,25+,26+,27-,32+/m0/s1.